The topological polar surface area (TPSA) is 37.4 Å². The molecular formula is C31H24F3NO2. The molecule has 1 heterocycles. The van der Waals surface area contributed by atoms with Crippen molar-refractivity contribution in [3.8, 4) is 0 Å². The highest BCUT2D eigenvalue weighted by Gasteiger charge is 2.62. The number of imide groups is 1. The molecule has 2 bridgehead atoms. The number of amides is 2. The molecule has 0 spiro atoms. The molecule has 6 rings (SSSR count). The van der Waals surface area contributed by atoms with Crippen LogP contribution in [0.25, 0.3) is 5.57 Å². The summed E-state index contributed by atoms with van der Waals surface area (Å²) in [6.45, 7) is 4.04. The molecule has 3 aromatic carbocycles. The molecule has 0 radical (unpaired) electrons. The summed E-state index contributed by atoms with van der Waals surface area (Å²) in [5, 5.41) is 0. The van der Waals surface area contributed by atoms with Crippen LogP contribution in [0.4, 0.5) is 18.9 Å². The number of hydrogen-bond acceptors (Lipinski definition) is 2. The number of fused-ring (bicyclic) bond motifs is 5. The second-order valence-corrected chi connectivity index (χ2v) is 10.1. The highest BCUT2D eigenvalue weighted by Crippen LogP contribution is 2.59. The minimum absolute atomic E-state index is 0.0264. The molecule has 0 aromatic heterocycles. The largest absolute Gasteiger partial charge is 0.416 e. The highest BCUT2D eigenvalue weighted by atomic mass is 19.4. The van der Waals surface area contributed by atoms with E-state index in [4.69, 9.17) is 0 Å². The standard InChI is InChI=1S/C31H24F3NO2/c1-17-6-10-19(11-7-17)25(20-12-8-18(2)9-13-20)26-23-14-15-24(26)28-27(23)29(36)35(30(28)37)22-5-3-4-21(16-22)31(32,33)34/h3-16,23-24,27-28H,1-2H3/t23-,24-,27-,28+/m1/s1. The smallest absolute Gasteiger partial charge is 0.274 e. The molecule has 186 valence electrons. The first-order chi connectivity index (χ1) is 17.6. The van der Waals surface area contributed by atoms with E-state index in [1.54, 1.807) is 0 Å². The van der Waals surface area contributed by atoms with Crippen LogP contribution in [0.1, 0.15) is 27.8 Å². The Kier molecular flexibility index (Phi) is 5.26. The van der Waals surface area contributed by atoms with Gasteiger partial charge in [-0.25, -0.2) is 4.90 Å². The van der Waals surface area contributed by atoms with Crippen molar-refractivity contribution in [1.82, 2.24) is 0 Å². The SMILES string of the molecule is Cc1ccc(C(=C2[C@H]3C=C[C@H]2[C@H]2C(=O)N(c4cccc(C(F)(F)F)c4)C(=O)[C@H]23)c2ccc(C)cc2)cc1. The molecule has 2 fully saturated rings. The fourth-order valence-electron chi connectivity index (χ4n) is 6.11. The summed E-state index contributed by atoms with van der Waals surface area (Å²) >= 11 is 0. The highest BCUT2D eigenvalue weighted by molar-refractivity contribution is 6.23. The number of allylic oxidation sites excluding steroid dienone is 3. The van der Waals surface area contributed by atoms with E-state index >= 15 is 0 Å². The van der Waals surface area contributed by atoms with E-state index in [1.807, 2.05) is 50.3 Å². The summed E-state index contributed by atoms with van der Waals surface area (Å²) in [6, 6.07) is 20.9. The van der Waals surface area contributed by atoms with Gasteiger partial charge in [0.05, 0.1) is 23.1 Å². The lowest BCUT2D eigenvalue weighted by Gasteiger charge is -2.22. The van der Waals surface area contributed by atoms with Gasteiger partial charge in [-0.2, -0.15) is 13.2 Å². The number of hydrogen-bond donors (Lipinski definition) is 0. The van der Waals surface area contributed by atoms with Crippen molar-refractivity contribution < 1.29 is 22.8 Å². The van der Waals surface area contributed by atoms with Gasteiger partial charge in [-0.05, 0) is 54.3 Å². The number of halogens is 3. The van der Waals surface area contributed by atoms with Crippen LogP contribution in [0.5, 0.6) is 0 Å². The maximum Gasteiger partial charge on any atom is 0.416 e. The number of aryl methyl sites for hydroxylation is 2. The van der Waals surface area contributed by atoms with Crippen molar-refractivity contribution in [3.63, 3.8) is 0 Å². The lowest BCUT2D eigenvalue weighted by atomic mass is 9.85. The van der Waals surface area contributed by atoms with Crippen LogP contribution in [0, 0.1) is 37.5 Å². The van der Waals surface area contributed by atoms with E-state index in [0.717, 1.165) is 50.4 Å². The number of alkyl halides is 3. The number of nitrogens with zero attached hydrogens (tertiary/aromatic N) is 1. The van der Waals surface area contributed by atoms with Gasteiger partial charge in [-0.15, -0.1) is 0 Å². The minimum atomic E-state index is -4.56. The van der Waals surface area contributed by atoms with Gasteiger partial charge in [0.1, 0.15) is 0 Å². The third kappa shape index (κ3) is 3.66. The molecule has 2 amide bonds. The van der Waals surface area contributed by atoms with E-state index in [0.29, 0.717) is 0 Å². The number of benzene rings is 3. The Morgan fingerprint density at radius 2 is 1.22 bits per heavy atom. The predicted molar refractivity (Wildman–Crippen MR) is 135 cm³/mol. The summed E-state index contributed by atoms with van der Waals surface area (Å²) < 4.78 is 40.0. The summed E-state index contributed by atoms with van der Waals surface area (Å²) in [4.78, 5) is 28.3. The number of anilines is 1. The average molecular weight is 500 g/mol. The van der Waals surface area contributed by atoms with E-state index in [-0.39, 0.29) is 17.5 Å². The molecule has 1 saturated carbocycles. The molecule has 1 saturated heterocycles. The van der Waals surface area contributed by atoms with E-state index in [2.05, 4.69) is 24.3 Å². The fraction of sp³-hybridized carbons (Fsp3) is 0.226. The molecule has 2 aliphatic carbocycles. The maximum absolute atomic E-state index is 13.6. The molecule has 3 nitrogen and oxygen atoms in total. The van der Waals surface area contributed by atoms with Crippen LogP contribution in [0.15, 0.2) is 90.5 Å². The molecule has 0 N–H and O–H groups in total. The van der Waals surface area contributed by atoms with Crippen LogP contribution in [0.3, 0.4) is 0 Å². The summed E-state index contributed by atoms with van der Waals surface area (Å²) in [5.74, 6) is -2.71. The van der Waals surface area contributed by atoms with Crippen LogP contribution < -0.4 is 4.90 Å². The number of carbonyl (C=O) groups excluding carboxylic acids is 2. The van der Waals surface area contributed by atoms with E-state index in [9.17, 15) is 22.8 Å². The average Bonchev–Trinajstić information content (AvgIpc) is 3.50. The zero-order chi connectivity index (χ0) is 26.1. The van der Waals surface area contributed by atoms with Crippen LogP contribution >= 0.6 is 0 Å². The third-order valence-corrected chi connectivity index (χ3v) is 7.82. The van der Waals surface area contributed by atoms with Gasteiger partial charge in [0, 0.05) is 11.8 Å². The zero-order valence-corrected chi connectivity index (χ0v) is 20.3. The Balaban J connectivity index is 1.46. The van der Waals surface area contributed by atoms with Gasteiger partial charge < -0.3 is 0 Å². The quantitative estimate of drug-likeness (QED) is 0.295. The molecule has 4 atom stereocenters. The number of rotatable bonds is 3. The first-order valence-corrected chi connectivity index (χ1v) is 12.3. The minimum Gasteiger partial charge on any atom is -0.274 e. The van der Waals surface area contributed by atoms with Crippen molar-refractivity contribution in [3.05, 3.63) is 118 Å². The van der Waals surface area contributed by atoms with Gasteiger partial charge >= 0.3 is 6.18 Å². The van der Waals surface area contributed by atoms with Gasteiger partial charge in [0.2, 0.25) is 11.8 Å². The molecule has 6 heteroatoms. The van der Waals surface area contributed by atoms with Crippen LogP contribution in [-0.4, -0.2) is 11.8 Å². The van der Waals surface area contributed by atoms with Crippen molar-refractivity contribution in [2.24, 2.45) is 23.7 Å². The first-order valence-electron chi connectivity index (χ1n) is 12.3. The van der Waals surface area contributed by atoms with Crippen molar-refractivity contribution >= 4 is 23.1 Å². The Bertz CT molecular complexity index is 1400. The van der Waals surface area contributed by atoms with E-state index in [1.165, 1.54) is 12.1 Å². The Morgan fingerprint density at radius 3 is 1.68 bits per heavy atom. The molecule has 1 aliphatic heterocycles. The second kappa shape index (κ2) is 8.30. The van der Waals surface area contributed by atoms with Crippen molar-refractivity contribution in [2.45, 2.75) is 20.0 Å². The summed E-state index contributed by atoms with van der Waals surface area (Å²) in [6.07, 6.45) is -0.583. The Labute approximate surface area is 212 Å². The van der Waals surface area contributed by atoms with Crippen molar-refractivity contribution in [2.75, 3.05) is 4.90 Å². The van der Waals surface area contributed by atoms with Crippen LogP contribution in [-0.2, 0) is 15.8 Å². The Morgan fingerprint density at radius 1 is 0.730 bits per heavy atom. The zero-order valence-electron chi connectivity index (χ0n) is 20.3. The first kappa shape index (κ1) is 23.5. The van der Waals surface area contributed by atoms with Crippen LogP contribution in [0.2, 0.25) is 0 Å². The van der Waals surface area contributed by atoms with Gasteiger partial charge in [0.25, 0.3) is 0 Å². The molecule has 37 heavy (non-hydrogen) atoms. The normalized spacial score (nSPS) is 24.2. The fourth-order valence-corrected chi connectivity index (χ4v) is 6.11. The maximum atomic E-state index is 13.6. The van der Waals surface area contributed by atoms with Gasteiger partial charge in [-0.3, -0.25) is 9.59 Å². The number of carbonyl (C=O) groups is 2. The predicted octanol–water partition coefficient (Wildman–Crippen LogP) is 6.75. The third-order valence-electron chi connectivity index (χ3n) is 7.82. The summed E-state index contributed by atoms with van der Waals surface area (Å²) in [5.41, 5.74) is 5.42. The second-order valence-electron chi connectivity index (χ2n) is 10.1. The van der Waals surface area contributed by atoms with E-state index < -0.39 is 35.4 Å². The lowest BCUT2D eigenvalue weighted by Crippen LogP contribution is -2.33. The van der Waals surface area contributed by atoms with Gasteiger partial charge in [0.15, 0.2) is 0 Å². The molecule has 3 aromatic rings. The van der Waals surface area contributed by atoms with Crippen molar-refractivity contribution in [1.29, 1.82) is 0 Å². The molecule has 3 aliphatic rings. The van der Waals surface area contributed by atoms with Gasteiger partial charge in [-0.1, -0.05) is 77.9 Å². The molecule has 0 unspecified atom stereocenters. The summed E-state index contributed by atoms with van der Waals surface area (Å²) in [7, 11) is 0. The Hall–Kier alpha value is -3.93. The lowest BCUT2D eigenvalue weighted by molar-refractivity contribution is -0.137. The molecular weight excluding hydrogens is 475 g/mol. The monoisotopic (exact) mass is 499 g/mol.